The number of hydrogen-bond donors (Lipinski definition) is 2. The van der Waals surface area contributed by atoms with Gasteiger partial charge < -0.3 is 25.3 Å². The molecule has 0 radical (unpaired) electrons. The summed E-state index contributed by atoms with van der Waals surface area (Å²) in [7, 11) is 2.21. The third kappa shape index (κ3) is 9.50. The fourth-order valence-corrected chi connectivity index (χ4v) is 3.64. The van der Waals surface area contributed by atoms with E-state index in [1.54, 1.807) is 0 Å². The number of unbranched alkanes of at least 4 members (excludes halogenated alkanes) is 1. The van der Waals surface area contributed by atoms with Gasteiger partial charge in [0, 0.05) is 64.6 Å². The molecule has 164 valence electrons. The van der Waals surface area contributed by atoms with Gasteiger partial charge in [0.15, 0.2) is 5.96 Å². The van der Waals surface area contributed by atoms with Crippen LogP contribution in [0.25, 0.3) is 0 Å². The Morgan fingerprint density at radius 3 is 2.45 bits per heavy atom. The quantitative estimate of drug-likeness (QED) is 0.320. The minimum absolute atomic E-state index is 0.847. The topological polar surface area (TPSA) is 46.1 Å². The van der Waals surface area contributed by atoms with Crippen LogP contribution < -0.4 is 15.5 Å². The number of piperazine rings is 1. The first-order chi connectivity index (χ1) is 14.2. The number of aliphatic imine (C=N–C) groups is 1. The van der Waals surface area contributed by atoms with E-state index in [9.17, 15) is 0 Å². The summed E-state index contributed by atoms with van der Waals surface area (Å²) in [6.07, 6.45) is 3.50. The highest BCUT2D eigenvalue weighted by Gasteiger charge is 2.12. The Morgan fingerprint density at radius 2 is 1.76 bits per heavy atom. The zero-order valence-corrected chi connectivity index (χ0v) is 18.9. The van der Waals surface area contributed by atoms with Crippen molar-refractivity contribution >= 4 is 11.6 Å². The van der Waals surface area contributed by atoms with Crippen molar-refractivity contribution < 1.29 is 0 Å². The van der Waals surface area contributed by atoms with Gasteiger partial charge >= 0.3 is 0 Å². The van der Waals surface area contributed by atoms with Crippen LogP contribution in [0, 0.1) is 0 Å². The van der Waals surface area contributed by atoms with Crippen molar-refractivity contribution in [2.75, 3.05) is 77.4 Å². The van der Waals surface area contributed by atoms with Crippen molar-refractivity contribution in [1.29, 1.82) is 0 Å². The molecule has 1 aromatic rings. The number of guanidine groups is 1. The normalized spacial score (nSPS) is 16.0. The van der Waals surface area contributed by atoms with Crippen LogP contribution >= 0.6 is 0 Å². The van der Waals surface area contributed by atoms with Gasteiger partial charge in [-0.25, -0.2) is 0 Å². The van der Waals surface area contributed by atoms with E-state index < -0.39 is 0 Å². The molecule has 0 bridgehead atoms. The molecule has 1 fully saturated rings. The SMILES string of the molecule is CCNC(=NCCCN(CC)c1ccccc1)NCCCCN1CCN(C)CC1. The molecule has 0 unspecified atom stereocenters. The first kappa shape index (κ1) is 23.5. The van der Waals surface area contributed by atoms with Crippen molar-refractivity contribution in [2.45, 2.75) is 33.1 Å². The van der Waals surface area contributed by atoms with Crippen LogP contribution in [0.3, 0.4) is 0 Å². The molecule has 1 aliphatic rings. The van der Waals surface area contributed by atoms with E-state index in [4.69, 9.17) is 4.99 Å². The largest absolute Gasteiger partial charge is 0.372 e. The molecule has 1 aliphatic heterocycles. The molecule has 6 heteroatoms. The lowest BCUT2D eigenvalue weighted by Gasteiger charge is -2.32. The van der Waals surface area contributed by atoms with Gasteiger partial charge in [0.2, 0.25) is 0 Å². The lowest BCUT2D eigenvalue weighted by molar-refractivity contribution is 0.152. The number of nitrogens with one attached hydrogen (secondary N) is 2. The molecule has 1 saturated heterocycles. The van der Waals surface area contributed by atoms with Crippen LogP contribution in [0.2, 0.25) is 0 Å². The van der Waals surface area contributed by atoms with Gasteiger partial charge in [0.25, 0.3) is 0 Å². The summed E-state index contributed by atoms with van der Waals surface area (Å²) in [4.78, 5) is 12.2. The Morgan fingerprint density at radius 1 is 1.00 bits per heavy atom. The van der Waals surface area contributed by atoms with Gasteiger partial charge in [0.05, 0.1) is 0 Å². The average Bonchev–Trinajstić information content (AvgIpc) is 2.75. The number of anilines is 1. The molecule has 0 saturated carbocycles. The Kier molecular flexibility index (Phi) is 11.5. The minimum Gasteiger partial charge on any atom is -0.372 e. The number of hydrogen-bond acceptors (Lipinski definition) is 4. The van der Waals surface area contributed by atoms with Gasteiger partial charge in [0.1, 0.15) is 0 Å². The first-order valence-corrected chi connectivity index (χ1v) is 11.5. The maximum absolute atomic E-state index is 4.76. The smallest absolute Gasteiger partial charge is 0.191 e. The Hall–Kier alpha value is -1.79. The highest BCUT2D eigenvalue weighted by molar-refractivity contribution is 5.79. The van der Waals surface area contributed by atoms with E-state index in [0.29, 0.717) is 0 Å². The summed E-state index contributed by atoms with van der Waals surface area (Å²) in [5, 5.41) is 6.87. The third-order valence-electron chi connectivity index (χ3n) is 5.49. The molecule has 0 atom stereocenters. The molecule has 0 aromatic heterocycles. The fraction of sp³-hybridized carbons (Fsp3) is 0.696. The van der Waals surface area contributed by atoms with Crippen LogP contribution in [-0.4, -0.2) is 88.3 Å². The van der Waals surface area contributed by atoms with Gasteiger partial charge in [-0.2, -0.15) is 0 Å². The maximum atomic E-state index is 4.76. The summed E-state index contributed by atoms with van der Waals surface area (Å²) in [5.41, 5.74) is 1.30. The van der Waals surface area contributed by atoms with Crippen LogP contribution in [0.1, 0.15) is 33.1 Å². The predicted octanol–water partition coefficient (Wildman–Crippen LogP) is 2.49. The Bertz CT molecular complexity index is 554. The first-order valence-electron chi connectivity index (χ1n) is 11.5. The number of rotatable bonds is 12. The van der Waals surface area contributed by atoms with E-state index in [0.717, 1.165) is 45.1 Å². The standard InChI is InChI=1S/C23H42N6/c1-4-24-23(25-14-9-10-16-28-20-18-27(3)19-21-28)26-15-11-17-29(5-2)22-12-7-6-8-13-22/h6-8,12-13H,4-5,9-11,14-21H2,1-3H3,(H2,24,25,26). The number of likely N-dealkylation sites (N-methyl/N-ethyl adjacent to an activating group) is 1. The second-order valence-electron chi connectivity index (χ2n) is 7.81. The van der Waals surface area contributed by atoms with Crippen LogP contribution in [0.15, 0.2) is 35.3 Å². The lowest BCUT2D eigenvalue weighted by Crippen LogP contribution is -2.44. The van der Waals surface area contributed by atoms with Crippen LogP contribution in [0.4, 0.5) is 5.69 Å². The molecular weight excluding hydrogens is 360 g/mol. The Balaban J connectivity index is 1.61. The summed E-state index contributed by atoms with van der Waals surface area (Å²) in [6, 6.07) is 10.6. The molecule has 1 heterocycles. The lowest BCUT2D eigenvalue weighted by atomic mass is 10.2. The summed E-state index contributed by atoms with van der Waals surface area (Å²) in [6.45, 7) is 15.2. The van der Waals surface area contributed by atoms with Gasteiger partial charge in [-0.05, 0) is 58.8 Å². The van der Waals surface area contributed by atoms with Crippen molar-refractivity contribution in [3.63, 3.8) is 0 Å². The highest BCUT2D eigenvalue weighted by atomic mass is 15.2. The van der Waals surface area contributed by atoms with E-state index in [1.807, 2.05) is 0 Å². The molecule has 2 rings (SSSR count). The van der Waals surface area contributed by atoms with E-state index in [1.165, 1.54) is 51.3 Å². The van der Waals surface area contributed by atoms with Crippen molar-refractivity contribution in [3.05, 3.63) is 30.3 Å². The molecule has 1 aromatic carbocycles. The number of para-hydroxylation sites is 1. The predicted molar refractivity (Wildman–Crippen MR) is 126 cm³/mol. The monoisotopic (exact) mass is 402 g/mol. The van der Waals surface area contributed by atoms with Crippen molar-refractivity contribution in [2.24, 2.45) is 4.99 Å². The molecule has 0 aliphatic carbocycles. The second-order valence-corrected chi connectivity index (χ2v) is 7.81. The minimum atomic E-state index is 0.847. The maximum Gasteiger partial charge on any atom is 0.191 e. The van der Waals surface area contributed by atoms with Gasteiger partial charge in [-0.3, -0.25) is 4.99 Å². The third-order valence-corrected chi connectivity index (χ3v) is 5.49. The van der Waals surface area contributed by atoms with Gasteiger partial charge in [-0.15, -0.1) is 0 Å². The van der Waals surface area contributed by atoms with Crippen LogP contribution in [-0.2, 0) is 0 Å². The summed E-state index contributed by atoms with van der Waals surface area (Å²) < 4.78 is 0. The van der Waals surface area contributed by atoms with Crippen molar-refractivity contribution in [3.8, 4) is 0 Å². The Labute approximate surface area is 178 Å². The van der Waals surface area contributed by atoms with E-state index in [-0.39, 0.29) is 0 Å². The second kappa shape index (κ2) is 14.2. The zero-order chi connectivity index (χ0) is 20.7. The van der Waals surface area contributed by atoms with Crippen molar-refractivity contribution in [1.82, 2.24) is 20.4 Å². The molecule has 6 nitrogen and oxygen atoms in total. The highest BCUT2D eigenvalue weighted by Crippen LogP contribution is 2.12. The fourth-order valence-electron chi connectivity index (χ4n) is 3.64. The molecule has 29 heavy (non-hydrogen) atoms. The number of benzene rings is 1. The molecule has 2 N–H and O–H groups in total. The van der Waals surface area contributed by atoms with E-state index >= 15 is 0 Å². The molecular formula is C23H42N6. The summed E-state index contributed by atoms with van der Waals surface area (Å²) >= 11 is 0. The van der Waals surface area contributed by atoms with Crippen LogP contribution in [0.5, 0.6) is 0 Å². The molecule has 0 spiro atoms. The summed E-state index contributed by atoms with van der Waals surface area (Å²) in [5.74, 6) is 0.954. The zero-order valence-electron chi connectivity index (χ0n) is 18.9. The average molecular weight is 403 g/mol. The van der Waals surface area contributed by atoms with E-state index in [2.05, 4.69) is 76.6 Å². The van der Waals surface area contributed by atoms with Gasteiger partial charge in [-0.1, -0.05) is 18.2 Å². The number of nitrogens with zero attached hydrogens (tertiary/aromatic N) is 4. The molecule has 0 amide bonds.